The largest absolute Gasteiger partial charge is 0.462 e. The molecule has 0 aliphatic heterocycles. The highest BCUT2D eigenvalue weighted by atomic mass is 16.6. The highest BCUT2D eigenvalue weighted by Gasteiger charge is 2.16. The first-order valence-corrected chi connectivity index (χ1v) is 25.6. The van der Waals surface area contributed by atoms with E-state index in [-0.39, 0.29) is 25.2 Å². The van der Waals surface area contributed by atoms with E-state index in [1.54, 1.807) is 0 Å². The van der Waals surface area contributed by atoms with Crippen LogP contribution >= 0.6 is 0 Å². The fourth-order valence-electron chi connectivity index (χ4n) is 6.66. The fourth-order valence-corrected chi connectivity index (χ4v) is 6.66. The normalized spacial score (nSPS) is 13.3. The van der Waals surface area contributed by atoms with E-state index in [1.165, 1.54) is 83.5 Å². The van der Waals surface area contributed by atoms with Gasteiger partial charge in [0.2, 0.25) is 0 Å². The second-order valence-corrected chi connectivity index (χ2v) is 16.5. The molecule has 0 saturated carbocycles. The Morgan fingerprint density at radius 2 is 0.683 bits per heavy atom. The van der Waals surface area contributed by atoms with Crippen molar-refractivity contribution in [2.24, 2.45) is 0 Å². The first-order valence-electron chi connectivity index (χ1n) is 25.6. The number of unbranched alkanes of at least 4 members (excludes halogenated alkanes) is 17. The highest BCUT2D eigenvalue weighted by Crippen LogP contribution is 2.13. The molecule has 0 fully saturated rings. The number of hydrogen-bond donors (Lipinski definition) is 1. The second kappa shape index (κ2) is 52.6. The Morgan fingerprint density at radius 3 is 1.06 bits per heavy atom. The summed E-state index contributed by atoms with van der Waals surface area (Å²) in [6.45, 7) is 3.99. The molecule has 0 amide bonds. The first-order chi connectivity index (χ1) is 31.1. The summed E-state index contributed by atoms with van der Waals surface area (Å²) in [5.41, 5.74) is 0. The smallest absolute Gasteiger partial charge is 0.306 e. The molecule has 5 heteroatoms. The Labute approximate surface area is 388 Å². The van der Waals surface area contributed by atoms with Gasteiger partial charge in [-0.05, 0) is 109 Å². The van der Waals surface area contributed by atoms with Gasteiger partial charge in [-0.1, -0.05) is 212 Å². The molecule has 0 radical (unpaired) electrons. The zero-order valence-electron chi connectivity index (χ0n) is 40.5. The van der Waals surface area contributed by atoms with Gasteiger partial charge in [-0.3, -0.25) is 9.59 Å². The summed E-state index contributed by atoms with van der Waals surface area (Å²) in [4.78, 5) is 24.4. The van der Waals surface area contributed by atoms with Gasteiger partial charge in [-0.25, -0.2) is 0 Å². The van der Waals surface area contributed by atoms with Gasteiger partial charge in [0.05, 0.1) is 6.61 Å². The summed E-state index contributed by atoms with van der Waals surface area (Å²) in [7, 11) is 0. The third-order valence-corrected chi connectivity index (χ3v) is 10.5. The van der Waals surface area contributed by atoms with Crippen LogP contribution in [0.4, 0.5) is 0 Å². The van der Waals surface area contributed by atoms with Crippen LogP contribution in [-0.4, -0.2) is 36.4 Å². The number of carbonyl (C=O) groups excluding carboxylic acids is 2. The van der Waals surface area contributed by atoms with Gasteiger partial charge in [-0.15, -0.1) is 0 Å². The third-order valence-electron chi connectivity index (χ3n) is 10.5. The van der Waals surface area contributed by atoms with Crippen LogP contribution in [-0.2, 0) is 19.1 Å². The van der Waals surface area contributed by atoms with Crippen LogP contribution in [0.3, 0.4) is 0 Å². The lowest BCUT2D eigenvalue weighted by atomic mass is 10.1. The topological polar surface area (TPSA) is 72.8 Å². The van der Waals surface area contributed by atoms with Crippen molar-refractivity contribution in [1.82, 2.24) is 0 Å². The number of carbonyl (C=O) groups is 2. The molecule has 63 heavy (non-hydrogen) atoms. The van der Waals surface area contributed by atoms with Gasteiger partial charge >= 0.3 is 11.9 Å². The van der Waals surface area contributed by atoms with Gasteiger partial charge in [0.25, 0.3) is 0 Å². The summed E-state index contributed by atoms with van der Waals surface area (Å²) in [6.07, 6.45) is 77.1. The molecule has 0 aliphatic rings. The molecule has 0 bridgehead atoms. The second-order valence-electron chi connectivity index (χ2n) is 16.5. The average Bonchev–Trinajstić information content (AvgIpc) is 3.29. The molecule has 356 valence electrons. The number of esters is 2. The van der Waals surface area contributed by atoms with E-state index < -0.39 is 6.10 Å². The maximum atomic E-state index is 12.3. The molecule has 0 aromatic rings. The van der Waals surface area contributed by atoms with Gasteiger partial charge in [0.15, 0.2) is 6.10 Å². The van der Waals surface area contributed by atoms with Crippen molar-refractivity contribution in [3.8, 4) is 0 Å². The standard InChI is InChI=1S/C58H94O5/c1-3-5-7-9-11-13-15-17-19-21-23-24-25-26-27-28-29-30-31-32-33-34-35-37-39-41-43-45-47-49-51-53-58(61)63-56(54-59)55-62-57(60)52-50-48-46-44-42-40-38-36-22-20-18-16-14-12-10-8-6-4-2/h5,7,11,13,17,19-20,22-24,26-27,29-30,32-33,35,37,41,43,56,59H,3-4,6,8-10,12,14-16,18,21,25,28,31,34,36,38-40,42,44-55H2,1-2H3/b7-5-,13-11-,19-17-,22-20-,24-23-,27-26-,30-29-,33-32-,37-35-,43-41-. The summed E-state index contributed by atoms with van der Waals surface area (Å²) in [5.74, 6) is -0.641. The highest BCUT2D eigenvalue weighted by molar-refractivity contribution is 5.70. The van der Waals surface area contributed by atoms with Crippen LogP contribution in [0.2, 0.25) is 0 Å². The van der Waals surface area contributed by atoms with Crippen molar-refractivity contribution < 1.29 is 24.2 Å². The molecule has 0 heterocycles. The van der Waals surface area contributed by atoms with Gasteiger partial charge in [0, 0.05) is 12.8 Å². The lowest BCUT2D eigenvalue weighted by Crippen LogP contribution is -2.28. The molecule has 1 atom stereocenters. The minimum atomic E-state index is -0.800. The Morgan fingerprint density at radius 1 is 0.381 bits per heavy atom. The van der Waals surface area contributed by atoms with E-state index in [1.807, 2.05) is 0 Å². The number of ether oxygens (including phenoxy) is 2. The summed E-state index contributed by atoms with van der Waals surface area (Å²) in [5, 5.41) is 9.62. The molecule has 0 saturated heterocycles. The van der Waals surface area contributed by atoms with Crippen LogP contribution in [0, 0.1) is 0 Å². The molecular weight excluding hydrogens is 777 g/mol. The van der Waals surface area contributed by atoms with Gasteiger partial charge in [-0.2, -0.15) is 0 Å². The van der Waals surface area contributed by atoms with Gasteiger partial charge < -0.3 is 14.6 Å². The zero-order valence-corrected chi connectivity index (χ0v) is 40.5. The minimum absolute atomic E-state index is 0.0889. The third kappa shape index (κ3) is 50.8. The Hall–Kier alpha value is -3.70. The van der Waals surface area contributed by atoms with Crippen molar-refractivity contribution in [1.29, 1.82) is 0 Å². The Kier molecular flexibility index (Phi) is 49.6. The fraction of sp³-hybridized carbons (Fsp3) is 0.621. The zero-order chi connectivity index (χ0) is 45.6. The average molecular weight is 871 g/mol. The van der Waals surface area contributed by atoms with E-state index in [2.05, 4.69) is 135 Å². The van der Waals surface area contributed by atoms with Crippen molar-refractivity contribution in [2.45, 2.75) is 219 Å². The summed E-state index contributed by atoms with van der Waals surface area (Å²) >= 11 is 0. The molecular formula is C58H94O5. The van der Waals surface area contributed by atoms with Crippen molar-refractivity contribution in [2.75, 3.05) is 13.2 Å². The van der Waals surface area contributed by atoms with E-state index in [0.29, 0.717) is 12.8 Å². The number of rotatable bonds is 45. The molecule has 1 N–H and O–H groups in total. The van der Waals surface area contributed by atoms with Crippen LogP contribution in [0.25, 0.3) is 0 Å². The van der Waals surface area contributed by atoms with Crippen LogP contribution in [0.15, 0.2) is 122 Å². The summed E-state index contributed by atoms with van der Waals surface area (Å²) < 4.78 is 10.6. The number of aliphatic hydroxyl groups excluding tert-OH is 1. The molecule has 0 aromatic carbocycles. The lowest BCUT2D eigenvalue weighted by Gasteiger charge is -2.15. The number of aliphatic hydroxyl groups is 1. The van der Waals surface area contributed by atoms with E-state index >= 15 is 0 Å². The predicted molar refractivity (Wildman–Crippen MR) is 274 cm³/mol. The number of allylic oxidation sites excluding steroid dienone is 20. The maximum absolute atomic E-state index is 12.3. The lowest BCUT2D eigenvalue weighted by molar-refractivity contribution is -0.161. The predicted octanol–water partition coefficient (Wildman–Crippen LogP) is 17.1. The number of hydrogen-bond acceptors (Lipinski definition) is 5. The molecule has 5 nitrogen and oxygen atoms in total. The van der Waals surface area contributed by atoms with E-state index in [9.17, 15) is 14.7 Å². The van der Waals surface area contributed by atoms with Crippen molar-refractivity contribution >= 4 is 11.9 Å². The van der Waals surface area contributed by atoms with Crippen LogP contribution in [0.1, 0.15) is 213 Å². The Balaban J connectivity index is 3.67. The molecule has 0 rings (SSSR count). The quantitative estimate of drug-likeness (QED) is 0.0375. The summed E-state index contributed by atoms with van der Waals surface area (Å²) in [6, 6.07) is 0. The van der Waals surface area contributed by atoms with Gasteiger partial charge in [0.1, 0.15) is 6.61 Å². The van der Waals surface area contributed by atoms with Crippen LogP contribution in [0.5, 0.6) is 0 Å². The van der Waals surface area contributed by atoms with Crippen molar-refractivity contribution in [3.05, 3.63) is 122 Å². The maximum Gasteiger partial charge on any atom is 0.306 e. The SMILES string of the molecule is CC/C=C\C/C=C\C/C=C\C/C=C\C/C=C\C/C=C\C/C=C\C/C=C\C/C=C\CCCCCC(=O)OC(CO)COC(=O)CCCCCCCCC/C=C\CCCCCCCCC. The molecule has 0 aromatic heterocycles. The molecule has 0 spiro atoms. The van der Waals surface area contributed by atoms with E-state index in [0.717, 1.165) is 103 Å². The molecule has 0 aliphatic carbocycles. The van der Waals surface area contributed by atoms with Crippen molar-refractivity contribution in [3.63, 3.8) is 0 Å². The molecule has 1 unspecified atom stereocenters. The first kappa shape index (κ1) is 59.3. The van der Waals surface area contributed by atoms with Crippen LogP contribution < -0.4 is 0 Å². The monoisotopic (exact) mass is 871 g/mol. The van der Waals surface area contributed by atoms with E-state index in [4.69, 9.17) is 9.47 Å². The Bertz CT molecular complexity index is 1310. The minimum Gasteiger partial charge on any atom is -0.462 e.